The van der Waals surface area contributed by atoms with Crippen molar-refractivity contribution in [3.63, 3.8) is 0 Å². The number of hydrogen-bond donors (Lipinski definition) is 1. The summed E-state index contributed by atoms with van der Waals surface area (Å²) in [6.07, 6.45) is 5.78. The Morgan fingerprint density at radius 2 is 2.15 bits per heavy atom. The molecule has 1 aliphatic rings. The third-order valence-electron chi connectivity index (χ3n) is 3.25. The first kappa shape index (κ1) is 14.4. The van der Waals surface area contributed by atoms with Gasteiger partial charge in [0.1, 0.15) is 6.04 Å². The maximum absolute atomic E-state index is 12.0. The lowest BCUT2D eigenvalue weighted by Gasteiger charge is -2.32. The van der Waals surface area contributed by atoms with Crippen molar-refractivity contribution in [3.8, 4) is 0 Å². The smallest absolute Gasteiger partial charge is 0.323 e. The third kappa shape index (κ3) is 3.74. The van der Waals surface area contributed by atoms with Crippen molar-refractivity contribution >= 4 is 17.8 Å². The molecular formula is C13H18N4O3. The number of piperidine rings is 1. The van der Waals surface area contributed by atoms with Crippen molar-refractivity contribution in [1.82, 2.24) is 14.9 Å². The SMILES string of the molecule is COC(=O)[C@H]1CCCCN1CC(=O)Nc1ncccn1. The fraction of sp³-hybridized carbons (Fsp3) is 0.538. The molecule has 2 heterocycles. The first-order chi connectivity index (χ1) is 9.70. The monoisotopic (exact) mass is 278 g/mol. The Morgan fingerprint density at radius 1 is 1.40 bits per heavy atom. The summed E-state index contributed by atoms with van der Waals surface area (Å²) >= 11 is 0. The summed E-state index contributed by atoms with van der Waals surface area (Å²) in [7, 11) is 1.37. The van der Waals surface area contributed by atoms with E-state index < -0.39 is 0 Å². The van der Waals surface area contributed by atoms with Crippen molar-refractivity contribution in [2.24, 2.45) is 0 Å². The van der Waals surface area contributed by atoms with Crippen LogP contribution >= 0.6 is 0 Å². The zero-order chi connectivity index (χ0) is 14.4. The standard InChI is InChI=1S/C13H18N4O3/c1-20-12(19)10-5-2-3-8-17(10)9-11(18)16-13-14-6-4-7-15-13/h4,6-7,10H,2-3,5,8-9H2,1H3,(H,14,15,16,18)/t10-/m1/s1. The molecule has 2 rings (SSSR count). The van der Waals surface area contributed by atoms with E-state index in [-0.39, 0.29) is 30.4 Å². The number of aromatic nitrogens is 2. The van der Waals surface area contributed by atoms with Crippen LogP contribution in [0.5, 0.6) is 0 Å². The normalized spacial score (nSPS) is 19.4. The molecule has 1 aliphatic heterocycles. The molecule has 20 heavy (non-hydrogen) atoms. The van der Waals surface area contributed by atoms with Gasteiger partial charge in [0.15, 0.2) is 0 Å². The highest BCUT2D eigenvalue weighted by Crippen LogP contribution is 2.17. The van der Waals surface area contributed by atoms with Gasteiger partial charge in [0.2, 0.25) is 11.9 Å². The van der Waals surface area contributed by atoms with Gasteiger partial charge in [-0.2, -0.15) is 0 Å². The van der Waals surface area contributed by atoms with Crippen molar-refractivity contribution in [3.05, 3.63) is 18.5 Å². The average molecular weight is 278 g/mol. The molecule has 1 aromatic heterocycles. The largest absolute Gasteiger partial charge is 0.468 e. The molecule has 0 saturated carbocycles. The third-order valence-corrected chi connectivity index (χ3v) is 3.25. The Hall–Kier alpha value is -2.02. The number of likely N-dealkylation sites (tertiary alicyclic amines) is 1. The number of esters is 1. The molecule has 0 bridgehead atoms. The van der Waals surface area contributed by atoms with Crippen molar-refractivity contribution < 1.29 is 14.3 Å². The Kier molecular flexibility index (Phi) is 5.00. The minimum absolute atomic E-state index is 0.137. The summed E-state index contributed by atoms with van der Waals surface area (Å²) < 4.78 is 4.78. The number of hydrogen-bond acceptors (Lipinski definition) is 6. The summed E-state index contributed by atoms with van der Waals surface area (Å²) in [6, 6.07) is 1.34. The maximum Gasteiger partial charge on any atom is 0.323 e. The highest BCUT2D eigenvalue weighted by Gasteiger charge is 2.30. The second-order valence-corrected chi connectivity index (χ2v) is 4.63. The Morgan fingerprint density at radius 3 is 2.85 bits per heavy atom. The van der Waals surface area contributed by atoms with Gasteiger partial charge in [0, 0.05) is 12.4 Å². The van der Waals surface area contributed by atoms with E-state index in [9.17, 15) is 9.59 Å². The van der Waals surface area contributed by atoms with Crippen LogP contribution in [0.1, 0.15) is 19.3 Å². The first-order valence-corrected chi connectivity index (χ1v) is 6.59. The molecule has 0 aliphatic carbocycles. The number of ether oxygens (including phenoxy) is 1. The van der Waals surface area contributed by atoms with Gasteiger partial charge in [-0.3, -0.25) is 19.8 Å². The molecule has 1 N–H and O–H groups in total. The van der Waals surface area contributed by atoms with Crippen LogP contribution in [0.3, 0.4) is 0 Å². The second-order valence-electron chi connectivity index (χ2n) is 4.63. The highest BCUT2D eigenvalue weighted by atomic mass is 16.5. The van der Waals surface area contributed by atoms with E-state index in [0.29, 0.717) is 6.54 Å². The second kappa shape index (κ2) is 6.95. The zero-order valence-corrected chi connectivity index (χ0v) is 11.4. The van der Waals surface area contributed by atoms with Crippen LogP contribution in [-0.2, 0) is 14.3 Å². The van der Waals surface area contributed by atoms with E-state index in [0.717, 1.165) is 19.3 Å². The van der Waals surface area contributed by atoms with E-state index in [2.05, 4.69) is 15.3 Å². The number of rotatable bonds is 4. The van der Waals surface area contributed by atoms with Gasteiger partial charge in [-0.05, 0) is 25.5 Å². The average Bonchev–Trinajstić information content (AvgIpc) is 2.48. The lowest BCUT2D eigenvalue weighted by molar-refractivity contribution is -0.148. The molecule has 7 nitrogen and oxygen atoms in total. The molecular weight excluding hydrogens is 260 g/mol. The molecule has 1 fully saturated rings. The highest BCUT2D eigenvalue weighted by molar-refractivity contribution is 5.91. The van der Waals surface area contributed by atoms with Gasteiger partial charge in [0.25, 0.3) is 0 Å². The quantitative estimate of drug-likeness (QED) is 0.805. The summed E-state index contributed by atoms with van der Waals surface area (Å²) in [5.74, 6) is -0.246. The predicted molar refractivity (Wildman–Crippen MR) is 71.9 cm³/mol. The lowest BCUT2D eigenvalue weighted by Crippen LogP contribution is -2.48. The Bertz CT molecular complexity index is 466. The van der Waals surface area contributed by atoms with Crippen molar-refractivity contribution in [2.75, 3.05) is 25.5 Å². The molecule has 7 heteroatoms. The molecule has 108 valence electrons. The Labute approximate surface area is 117 Å². The van der Waals surface area contributed by atoms with Gasteiger partial charge in [-0.1, -0.05) is 6.42 Å². The summed E-state index contributed by atoms with van der Waals surface area (Å²) in [4.78, 5) is 33.3. The first-order valence-electron chi connectivity index (χ1n) is 6.59. The van der Waals surface area contributed by atoms with Crippen LogP contribution in [0.25, 0.3) is 0 Å². The Balaban J connectivity index is 1.93. The van der Waals surface area contributed by atoms with Gasteiger partial charge in [0.05, 0.1) is 13.7 Å². The molecule has 0 spiro atoms. The van der Waals surface area contributed by atoms with Crippen LogP contribution < -0.4 is 5.32 Å². The molecule has 0 unspecified atom stereocenters. The molecule has 1 aromatic rings. The molecule has 0 radical (unpaired) electrons. The number of nitrogens with one attached hydrogen (secondary N) is 1. The van der Waals surface area contributed by atoms with E-state index in [4.69, 9.17) is 4.74 Å². The van der Waals surface area contributed by atoms with E-state index >= 15 is 0 Å². The summed E-state index contributed by atoms with van der Waals surface area (Å²) in [5, 5.41) is 2.61. The van der Waals surface area contributed by atoms with Crippen LogP contribution in [0.4, 0.5) is 5.95 Å². The molecule has 1 saturated heterocycles. The zero-order valence-electron chi connectivity index (χ0n) is 11.4. The number of amides is 1. The van der Waals surface area contributed by atoms with Crippen LogP contribution in [0.2, 0.25) is 0 Å². The van der Waals surface area contributed by atoms with Crippen LogP contribution in [0, 0.1) is 0 Å². The fourth-order valence-electron chi connectivity index (χ4n) is 2.30. The van der Waals surface area contributed by atoms with E-state index in [1.807, 2.05) is 4.90 Å². The number of anilines is 1. The minimum atomic E-state index is -0.337. The minimum Gasteiger partial charge on any atom is -0.468 e. The fourth-order valence-corrected chi connectivity index (χ4v) is 2.30. The van der Waals surface area contributed by atoms with Gasteiger partial charge in [-0.25, -0.2) is 9.97 Å². The maximum atomic E-state index is 12.0. The predicted octanol–water partition coefficient (Wildman–Crippen LogP) is 0.443. The van der Waals surface area contributed by atoms with Gasteiger partial charge in [-0.15, -0.1) is 0 Å². The molecule has 1 amide bonds. The number of carbonyl (C=O) groups excluding carboxylic acids is 2. The van der Waals surface area contributed by atoms with Crippen LogP contribution in [-0.4, -0.2) is 53.0 Å². The summed E-state index contributed by atoms with van der Waals surface area (Å²) in [6.45, 7) is 0.848. The van der Waals surface area contributed by atoms with Crippen molar-refractivity contribution in [1.29, 1.82) is 0 Å². The van der Waals surface area contributed by atoms with E-state index in [1.54, 1.807) is 18.5 Å². The number of carbonyl (C=O) groups is 2. The van der Waals surface area contributed by atoms with E-state index in [1.165, 1.54) is 7.11 Å². The topological polar surface area (TPSA) is 84.4 Å². The van der Waals surface area contributed by atoms with Crippen molar-refractivity contribution in [2.45, 2.75) is 25.3 Å². The lowest BCUT2D eigenvalue weighted by atomic mass is 10.0. The number of methoxy groups -OCH3 is 1. The van der Waals surface area contributed by atoms with Gasteiger partial charge >= 0.3 is 5.97 Å². The van der Waals surface area contributed by atoms with Gasteiger partial charge < -0.3 is 4.74 Å². The number of nitrogens with zero attached hydrogens (tertiary/aromatic N) is 3. The molecule has 0 aromatic carbocycles. The van der Waals surface area contributed by atoms with Crippen LogP contribution in [0.15, 0.2) is 18.5 Å². The summed E-state index contributed by atoms with van der Waals surface area (Å²) in [5.41, 5.74) is 0. The molecule has 1 atom stereocenters.